The van der Waals surface area contributed by atoms with Crippen molar-refractivity contribution in [1.82, 2.24) is 10.2 Å². The molecule has 0 fully saturated rings. The number of hydrogen-bond acceptors (Lipinski definition) is 4. The average Bonchev–Trinajstić information content (AvgIpc) is 2.72. The first kappa shape index (κ1) is 26.3. The molecule has 1 N–H and O–H groups in total. The minimum absolute atomic E-state index is 0.0363. The van der Waals surface area contributed by atoms with Gasteiger partial charge >= 0.3 is 0 Å². The third-order valence-corrected chi connectivity index (χ3v) is 6.22. The zero-order valence-electron chi connectivity index (χ0n) is 19.7. The Labute approximate surface area is 195 Å². The van der Waals surface area contributed by atoms with Crippen LogP contribution >= 0.6 is 0 Å². The molecule has 0 aliphatic rings. The molecule has 0 saturated carbocycles. The van der Waals surface area contributed by atoms with Crippen LogP contribution in [0.4, 0.5) is 10.1 Å². The van der Waals surface area contributed by atoms with E-state index in [4.69, 9.17) is 0 Å². The molecule has 0 unspecified atom stereocenters. The first-order valence-electron chi connectivity index (χ1n) is 10.8. The smallest absolute Gasteiger partial charge is 0.244 e. The van der Waals surface area contributed by atoms with Crippen molar-refractivity contribution in [3.05, 3.63) is 65.5 Å². The Morgan fingerprint density at radius 3 is 2.09 bits per heavy atom. The van der Waals surface area contributed by atoms with Gasteiger partial charge in [0, 0.05) is 12.6 Å². The Balaban J connectivity index is 2.42. The molecular formula is C24H32FN3O4S. The summed E-state index contributed by atoms with van der Waals surface area (Å²) in [6, 6.07) is 11.5. The van der Waals surface area contributed by atoms with Crippen LogP contribution in [0.15, 0.2) is 48.5 Å². The Bertz CT molecular complexity index is 1050. The maximum atomic E-state index is 13.5. The first-order chi connectivity index (χ1) is 15.4. The summed E-state index contributed by atoms with van der Waals surface area (Å²) in [6.07, 6.45) is 1.36. The van der Waals surface area contributed by atoms with Crippen LogP contribution in [-0.2, 0) is 26.2 Å². The molecule has 7 nitrogen and oxygen atoms in total. The van der Waals surface area contributed by atoms with Gasteiger partial charge in [-0.05, 0) is 57.0 Å². The SMILES string of the molecule is CC[C@@H](C(=O)NC(C)C)N(Cc1ccc(F)cc1)C(=O)CN(c1ccc(C)cc1)S(C)(=O)=O. The van der Waals surface area contributed by atoms with Crippen LogP contribution in [0.5, 0.6) is 0 Å². The van der Waals surface area contributed by atoms with Gasteiger partial charge in [-0.15, -0.1) is 0 Å². The van der Waals surface area contributed by atoms with Crippen molar-refractivity contribution in [2.24, 2.45) is 0 Å². The van der Waals surface area contributed by atoms with Gasteiger partial charge < -0.3 is 10.2 Å². The Kier molecular flexibility index (Phi) is 8.99. The third kappa shape index (κ3) is 7.56. The fraction of sp³-hybridized carbons (Fsp3) is 0.417. The minimum Gasteiger partial charge on any atom is -0.352 e. The zero-order valence-corrected chi connectivity index (χ0v) is 20.5. The average molecular weight is 478 g/mol. The predicted molar refractivity (Wildman–Crippen MR) is 128 cm³/mol. The van der Waals surface area contributed by atoms with E-state index in [1.165, 1.54) is 29.2 Å². The molecule has 0 saturated heterocycles. The van der Waals surface area contributed by atoms with Crippen LogP contribution in [0, 0.1) is 12.7 Å². The molecule has 0 spiro atoms. The number of nitrogens with one attached hydrogen (secondary N) is 1. The number of amides is 2. The number of benzene rings is 2. The highest BCUT2D eigenvalue weighted by atomic mass is 32.2. The van der Waals surface area contributed by atoms with Gasteiger partial charge in [0.25, 0.3) is 0 Å². The lowest BCUT2D eigenvalue weighted by Gasteiger charge is -2.33. The number of rotatable bonds is 10. The second kappa shape index (κ2) is 11.3. The number of carbonyl (C=O) groups excluding carboxylic acids is 2. The van der Waals surface area contributed by atoms with E-state index in [1.54, 1.807) is 31.2 Å². The molecule has 9 heteroatoms. The summed E-state index contributed by atoms with van der Waals surface area (Å²) in [5.41, 5.74) is 1.94. The molecule has 2 aromatic carbocycles. The van der Waals surface area contributed by atoms with E-state index >= 15 is 0 Å². The molecule has 2 rings (SSSR count). The lowest BCUT2D eigenvalue weighted by atomic mass is 10.1. The van der Waals surface area contributed by atoms with Crippen LogP contribution in [0.25, 0.3) is 0 Å². The molecule has 0 radical (unpaired) electrons. The van der Waals surface area contributed by atoms with Gasteiger partial charge in [0.05, 0.1) is 11.9 Å². The molecule has 2 aromatic rings. The molecule has 0 aliphatic carbocycles. The maximum Gasteiger partial charge on any atom is 0.244 e. The summed E-state index contributed by atoms with van der Waals surface area (Å²) in [6.45, 7) is 6.87. The Morgan fingerprint density at radius 2 is 1.61 bits per heavy atom. The van der Waals surface area contributed by atoms with E-state index < -0.39 is 34.3 Å². The topological polar surface area (TPSA) is 86.8 Å². The second-order valence-electron chi connectivity index (χ2n) is 8.34. The van der Waals surface area contributed by atoms with Crippen LogP contribution < -0.4 is 9.62 Å². The number of halogens is 1. The van der Waals surface area contributed by atoms with E-state index in [0.29, 0.717) is 17.7 Å². The predicted octanol–water partition coefficient (Wildman–Crippen LogP) is 3.23. The highest BCUT2D eigenvalue weighted by molar-refractivity contribution is 7.92. The number of anilines is 1. The summed E-state index contributed by atoms with van der Waals surface area (Å²) in [5, 5.41) is 2.82. The van der Waals surface area contributed by atoms with Crippen molar-refractivity contribution in [3.8, 4) is 0 Å². The number of nitrogens with zero attached hydrogens (tertiary/aromatic N) is 2. The zero-order chi connectivity index (χ0) is 24.8. The molecule has 0 bridgehead atoms. The van der Waals surface area contributed by atoms with Crippen LogP contribution in [0.2, 0.25) is 0 Å². The fourth-order valence-corrected chi connectivity index (χ4v) is 4.26. The van der Waals surface area contributed by atoms with Crippen molar-refractivity contribution in [2.45, 2.75) is 52.7 Å². The summed E-state index contributed by atoms with van der Waals surface area (Å²) in [7, 11) is -3.77. The van der Waals surface area contributed by atoms with Crippen molar-refractivity contribution >= 4 is 27.5 Å². The third-order valence-electron chi connectivity index (χ3n) is 5.08. The number of carbonyl (C=O) groups is 2. The number of hydrogen-bond donors (Lipinski definition) is 1. The van der Waals surface area contributed by atoms with Crippen molar-refractivity contribution in [3.63, 3.8) is 0 Å². The number of aryl methyl sites for hydroxylation is 1. The quantitative estimate of drug-likeness (QED) is 0.569. The summed E-state index contributed by atoms with van der Waals surface area (Å²) < 4.78 is 39.5. The Morgan fingerprint density at radius 1 is 1.03 bits per heavy atom. The van der Waals surface area contributed by atoms with Gasteiger partial charge in [0.1, 0.15) is 18.4 Å². The molecule has 0 heterocycles. The molecular weight excluding hydrogens is 445 g/mol. The molecule has 2 amide bonds. The normalized spacial score (nSPS) is 12.3. The summed E-state index contributed by atoms with van der Waals surface area (Å²) >= 11 is 0. The van der Waals surface area contributed by atoms with Crippen molar-refractivity contribution in [2.75, 3.05) is 17.1 Å². The lowest BCUT2D eigenvalue weighted by Crippen LogP contribution is -2.53. The largest absolute Gasteiger partial charge is 0.352 e. The van der Waals surface area contributed by atoms with Crippen molar-refractivity contribution in [1.29, 1.82) is 0 Å². The lowest BCUT2D eigenvalue weighted by molar-refractivity contribution is -0.140. The van der Waals surface area contributed by atoms with E-state index in [-0.39, 0.29) is 18.5 Å². The minimum atomic E-state index is -3.77. The van der Waals surface area contributed by atoms with Gasteiger partial charge in [-0.25, -0.2) is 12.8 Å². The second-order valence-corrected chi connectivity index (χ2v) is 10.2. The first-order valence-corrected chi connectivity index (χ1v) is 12.7. The standard InChI is InChI=1S/C24H32FN3O4S/c1-6-22(24(30)26-17(2)3)27(15-19-9-11-20(25)12-10-19)23(29)16-28(33(5,31)32)21-13-7-18(4)8-14-21/h7-14,17,22H,6,15-16H2,1-5H3,(H,26,30)/t22-/m0/s1. The van der Waals surface area contributed by atoms with Gasteiger partial charge in [-0.1, -0.05) is 36.8 Å². The molecule has 1 atom stereocenters. The van der Waals surface area contributed by atoms with Gasteiger partial charge in [0.2, 0.25) is 21.8 Å². The maximum absolute atomic E-state index is 13.5. The van der Waals surface area contributed by atoms with Crippen LogP contribution in [0.3, 0.4) is 0 Å². The van der Waals surface area contributed by atoms with Crippen molar-refractivity contribution < 1.29 is 22.4 Å². The number of sulfonamides is 1. The van der Waals surface area contributed by atoms with Crippen LogP contribution in [-0.4, -0.2) is 50.0 Å². The van der Waals surface area contributed by atoms with E-state index in [9.17, 15) is 22.4 Å². The van der Waals surface area contributed by atoms with Gasteiger partial charge in [-0.3, -0.25) is 13.9 Å². The monoisotopic (exact) mass is 477 g/mol. The molecule has 0 aliphatic heterocycles. The van der Waals surface area contributed by atoms with Gasteiger partial charge in [0.15, 0.2) is 0 Å². The summed E-state index contributed by atoms with van der Waals surface area (Å²) in [4.78, 5) is 27.7. The highest BCUT2D eigenvalue weighted by Crippen LogP contribution is 2.20. The molecule has 33 heavy (non-hydrogen) atoms. The molecule has 0 aromatic heterocycles. The van der Waals surface area contributed by atoms with E-state index in [0.717, 1.165) is 16.1 Å². The Hall–Kier alpha value is -2.94. The van der Waals surface area contributed by atoms with Gasteiger partial charge in [-0.2, -0.15) is 0 Å². The van der Waals surface area contributed by atoms with Crippen LogP contribution in [0.1, 0.15) is 38.3 Å². The van der Waals surface area contributed by atoms with E-state index in [1.807, 2.05) is 20.8 Å². The summed E-state index contributed by atoms with van der Waals surface area (Å²) in [5.74, 6) is -1.27. The fourth-order valence-electron chi connectivity index (χ4n) is 3.41. The molecule has 180 valence electrons. The highest BCUT2D eigenvalue weighted by Gasteiger charge is 2.31. The van der Waals surface area contributed by atoms with E-state index in [2.05, 4.69) is 5.32 Å².